The van der Waals surface area contributed by atoms with E-state index in [1.54, 1.807) is 27.8 Å². The normalized spacial score (nSPS) is 12.8. The standard InChI is InChI=1S/C16H27N3O6S/c1-6-19(7-2)26(22,23)13-8-14(18(4)9-13)16(21)25-11-15(20)17-12(3)10-24-5/h8-9,12H,6-7,10-11H2,1-5H3,(H,17,20). The maximum atomic E-state index is 12.5. The van der Waals surface area contributed by atoms with Crippen LogP contribution in [0.3, 0.4) is 0 Å². The minimum Gasteiger partial charge on any atom is -0.451 e. The number of carbonyl (C=O) groups is 2. The number of sulfonamides is 1. The molecule has 1 N–H and O–H groups in total. The number of nitrogens with zero attached hydrogens (tertiary/aromatic N) is 2. The maximum absolute atomic E-state index is 12.5. The minimum absolute atomic E-state index is 0.00817. The molecule has 10 heteroatoms. The molecule has 0 saturated heterocycles. The Morgan fingerprint density at radius 1 is 1.31 bits per heavy atom. The van der Waals surface area contributed by atoms with Crippen molar-refractivity contribution in [2.24, 2.45) is 7.05 Å². The number of nitrogens with one attached hydrogen (secondary N) is 1. The van der Waals surface area contributed by atoms with Crippen LogP contribution in [0.5, 0.6) is 0 Å². The molecule has 0 aliphatic heterocycles. The number of rotatable bonds is 10. The van der Waals surface area contributed by atoms with Crippen LogP contribution in [0.15, 0.2) is 17.2 Å². The number of hydrogen-bond acceptors (Lipinski definition) is 6. The zero-order valence-electron chi connectivity index (χ0n) is 15.8. The molecular weight excluding hydrogens is 362 g/mol. The number of carbonyl (C=O) groups excluding carboxylic acids is 2. The molecule has 1 atom stereocenters. The van der Waals surface area contributed by atoms with E-state index in [1.807, 2.05) is 0 Å². The van der Waals surface area contributed by atoms with E-state index in [-0.39, 0.29) is 16.6 Å². The van der Waals surface area contributed by atoms with Gasteiger partial charge in [-0.1, -0.05) is 13.8 Å². The molecule has 0 aromatic carbocycles. The van der Waals surface area contributed by atoms with Crippen molar-refractivity contribution in [2.45, 2.75) is 31.7 Å². The lowest BCUT2D eigenvalue weighted by atomic mass is 10.3. The van der Waals surface area contributed by atoms with E-state index >= 15 is 0 Å². The first-order chi connectivity index (χ1) is 12.2. The Hall–Kier alpha value is -1.91. The fourth-order valence-corrected chi connectivity index (χ4v) is 3.93. The van der Waals surface area contributed by atoms with E-state index in [2.05, 4.69) is 5.32 Å². The van der Waals surface area contributed by atoms with Crippen LogP contribution in [0.4, 0.5) is 0 Å². The van der Waals surface area contributed by atoms with Gasteiger partial charge in [0.2, 0.25) is 10.0 Å². The fraction of sp³-hybridized carbons (Fsp3) is 0.625. The highest BCUT2D eigenvalue weighted by atomic mass is 32.2. The number of aromatic nitrogens is 1. The molecule has 0 fully saturated rings. The second-order valence-corrected chi connectivity index (χ2v) is 7.70. The van der Waals surface area contributed by atoms with Crippen LogP contribution in [0, 0.1) is 0 Å². The molecule has 1 rings (SSSR count). The van der Waals surface area contributed by atoms with Crippen LogP contribution in [-0.4, -0.2) is 68.6 Å². The van der Waals surface area contributed by atoms with E-state index in [9.17, 15) is 18.0 Å². The van der Waals surface area contributed by atoms with Gasteiger partial charge in [0.05, 0.1) is 6.61 Å². The molecule has 1 heterocycles. The lowest BCUT2D eigenvalue weighted by Crippen LogP contribution is -2.38. The molecule has 0 aliphatic carbocycles. The van der Waals surface area contributed by atoms with Gasteiger partial charge in [-0.15, -0.1) is 0 Å². The van der Waals surface area contributed by atoms with Gasteiger partial charge in [0.1, 0.15) is 10.6 Å². The molecule has 0 aliphatic rings. The summed E-state index contributed by atoms with van der Waals surface area (Å²) >= 11 is 0. The maximum Gasteiger partial charge on any atom is 0.355 e. The molecule has 1 aromatic rings. The highest BCUT2D eigenvalue weighted by Gasteiger charge is 2.26. The second-order valence-electron chi connectivity index (χ2n) is 5.76. The molecule has 26 heavy (non-hydrogen) atoms. The van der Waals surface area contributed by atoms with Crippen molar-refractivity contribution in [1.29, 1.82) is 0 Å². The average molecular weight is 389 g/mol. The van der Waals surface area contributed by atoms with Crippen molar-refractivity contribution in [3.8, 4) is 0 Å². The number of esters is 1. The fourth-order valence-electron chi connectivity index (χ4n) is 2.40. The topological polar surface area (TPSA) is 107 Å². The van der Waals surface area contributed by atoms with E-state index in [0.717, 1.165) is 0 Å². The van der Waals surface area contributed by atoms with Gasteiger partial charge in [0.25, 0.3) is 5.91 Å². The predicted octanol–water partition coefficient (Wildman–Crippen LogP) is 0.364. The Balaban J connectivity index is 2.80. The van der Waals surface area contributed by atoms with Crippen LogP contribution in [-0.2, 0) is 31.3 Å². The van der Waals surface area contributed by atoms with E-state index in [1.165, 1.54) is 28.2 Å². The van der Waals surface area contributed by atoms with Crippen LogP contribution >= 0.6 is 0 Å². The Kier molecular flexibility index (Phi) is 8.25. The number of amides is 1. The third kappa shape index (κ3) is 5.55. The van der Waals surface area contributed by atoms with Gasteiger partial charge in [0.15, 0.2) is 6.61 Å². The quantitative estimate of drug-likeness (QED) is 0.579. The van der Waals surface area contributed by atoms with E-state index in [4.69, 9.17) is 9.47 Å². The third-order valence-corrected chi connectivity index (χ3v) is 5.71. The second kappa shape index (κ2) is 9.70. The summed E-state index contributed by atoms with van der Waals surface area (Å²) in [5.41, 5.74) is 0.0495. The Morgan fingerprint density at radius 3 is 2.46 bits per heavy atom. The van der Waals surface area contributed by atoms with Crippen molar-refractivity contribution >= 4 is 21.9 Å². The Labute approximate surface area is 154 Å². The van der Waals surface area contributed by atoms with Crippen LogP contribution in [0.25, 0.3) is 0 Å². The summed E-state index contributed by atoms with van der Waals surface area (Å²) in [6.07, 6.45) is 1.35. The van der Waals surface area contributed by atoms with Gasteiger partial charge < -0.3 is 19.4 Å². The number of methoxy groups -OCH3 is 1. The van der Waals surface area contributed by atoms with Crippen LogP contribution < -0.4 is 5.32 Å². The zero-order chi connectivity index (χ0) is 19.9. The summed E-state index contributed by atoms with van der Waals surface area (Å²) in [5, 5.41) is 2.61. The summed E-state index contributed by atoms with van der Waals surface area (Å²) < 4.78 is 37.6. The van der Waals surface area contributed by atoms with Gasteiger partial charge in [-0.2, -0.15) is 4.31 Å². The smallest absolute Gasteiger partial charge is 0.355 e. The van der Waals surface area contributed by atoms with Gasteiger partial charge >= 0.3 is 5.97 Å². The predicted molar refractivity (Wildman–Crippen MR) is 95.3 cm³/mol. The van der Waals surface area contributed by atoms with Gasteiger partial charge in [0, 0.05) is 39.5 Å². The summed E-state index contributed by atoms with van der Waals surface area (Å²) in [5.74, 6) is -1.24. The van der Waals surface area contributed by atoms with E-state index < -0.39 is 28.5 Å². The summed E-state index contributed by atoms with van der Waals surface area (Å²) in [6.45, 7) is 5.76. The highest BCUT2D eigenvalue weighted by Crippen LogP contribution is 2.19. The molecule has 0 saturated carbocycles. The Morgan fingerprint density at radius 2 is 1.92 bits per heavy atom. The largest absolute Gasteiger partial charge is 0.451 e. The first kappa shape index (κ1) is 22.1. The van der Waals surface area contributed by atoms with Crippen molar-refractivity contribution in [3.05, 3.63) is 18.0 Å². The SMILES string of the molecule is CCN(CC)S(=O)(=O)c1cc(C(=O)OCC(=O)NC(C)COC)n(C)c1. The molecule has 0 radical (unpaired) electrons. The first-order valence-electron chi connectivity index (χ1n) is 8.29. The van der Waals surface area contributed by atoms with Gasteiger partial charge in [-0.25, -0.2) is 13.2 Å². The molecule has 0 spiro atoms. The van der Waals surface area contributed by atoms with Crippen LogP contribution in [0.1, 0.15) is 31.3 Å². The average Bonchev–Trinajstić information content (AvgIpc) is 2.96. The molecule has 1 unspecified atom stereocenters. The van der Waals surface area contributed by atoms with Gasteiger partial charge in [-0.05, 0) is 13.0 Å². The molecule has 1 aromatic heterocycles. The Bertz CT molecular complexity index is 724. The molecule has 148 valence electrons. The third-order valence-electron chi connectivity index (χ3n) is 3.69. The molecule has 0 bridgehead atoms. The summed E-state index contributed by atoms with van der Waals surface area (Å²) in [7, 11) is -0.622. The molecule has 9 nitrogen and oxygen atoms in total. The summed E-state index contributed by atoms with van der Waals surface area (Å²) in [6, 6.07) is 1.04. The minimum atomic E-state index is -3.68. The lowest BCUT2D eigenvalue weighted by Gasteiger charge is -2.17. The van der Waals surface area contributed by atoms with Crippen LogP contribution in [0.2, 0.25) is 0 Å². The van der Waals surface area contributed by atoms with Crippen molar-refractivity contribution in [3.63, 3.8) is 0 Å². The summed E-state index contributed by atoms with van der Waals surface area (Å²) in [4.78, 5) is 23.9. The van der Waals surface area contributed by atoms with Crippen molar-refractivity contribution in [2.75, 3.05) is 33.4 Å². The van der Waals surface area contributed by atoms with Gasteiger partial charge in [-0.3, -0.25) is 4.79 Å². The molecule has 1 amide bonds. The van der Waals surface area contributed by atoms with Crippen molar-refractivity contribution < 1.29 is 27.5 Å². The highest BCUT2D eigenvalue weighted by molar-refractivity contribution is 7.89. The monoisotopic (exact) mass is 389 g/mol. The number of hydrogen-bond donors (Lipinski definition) is 1. The number of aryl methyl sites for hydroxylation is 1. The molecular formula is C16H27N3O6S. The van der Waals surface area contributed by atoms with E-state index in [0.29, 0.717) is 19.7 Å². The number of ether oxygens (including phenoxy) is 2. The lowest BCUT2D eigenvalue weighted by molar-refractivity contribution is -0.125. The zero-order valence-corrected chi connectivity index (χ0v) is 16.6. The first-order valence-corrected chi connectivity index (χ1v) is 9.73. The van der Waals surface area contributed by atoms with Crippen molar-refractivity contribution in [1.82, 2.24) is 14.2 Å².